The highest BCUT2D eigenvalue weighted by atomic mass is 16.5. The Balaban J connectivity index is 2.13. The second-order valence-electron chi connectivity index (χ2n) is 4.70. The molecule has 0 aliphatic heterocycles. The summed E-state index contributed by atoms with van der Waals surface area (Å²) in [4.78, 5) is 15.4. The van der Waals surface area contributed by atoms with Gasteiger partial charge in [-0.15, -0.1) is 0 Å². The van der Waals surface area contributed by atoms with Crippen LogP contribution < -0.4 is 5.32 Å². The molecule has 104 valence electrons. The van der Waals surface area contributed by atoms with Crippen LogP contribution in [0.3, 0.4) is 0 Å². The Kier molecular flexibility index (Phi) is 4.35. The van der Waals surface area contributed by atoms with Gasteiger partial charge in [-0.3, -0.25) is 0 Å². The van der Waals surface area contributed by atoms with Crippen LogP contribution in [0, 0.1) is 6.92 Å². The highest BCUT2D eigenvalue weighted by Crippen LogP contribution is 2.19. The summed E-state index contributed by atoms with van der Waals surface area (Å²) < 4.78 is 4.66. The highest BCUT2D eigenvalue weighted by Gasteiger charge is 2.09. The van der Waals surface area contributed by atoms with E-state index in [1.807, 2.05) is 6.07 Å². The summed E-state index contributed by atoms with van der Waals surface area (Å²) in [5.74, 6) is -0.434. The minimum absolute atomic E-state index is 0.142. The van der Waals surface area contributed by atoms with Crippen LogP contribution in [-0.2, 0) is 4.74 Å². The Bertz CT molecular complexity index is 594. The van der Waals surface area contributed by atoms with Crippen molar-refractivity contribution >= 4 is 11.7 Å². The Hall–Kier alpha value is -2.36. The lowest BCUT2D eigenvalue weighted by Crippen LogP contribution is -2.09. The number of benzene rings is 1. The molecule has 1 unspecified atom stereocenters. The van der Waals surface area contributed by atoms with Crippen molar-refractivity contribution in [2.24, 2.45) is 0 Å². The zero-order valence-corrected chi connectivity index (χ0v) is 11.9. The molecule has 0 fully saturated rings. The molecule has 2 rings (SSSR count). The number of pyridine rings is 1. The third kappa shape index (κ3) is 3.35. The van der Waals surface area contributed by atoms with E-state index in [1.165, 1.54) is 18.2 Å². The van der Waals surface area contributed by atoms with Crippen molar-refractivity contribution in [3.63, 3.8) is 0 Å². The number of ether oxygens (including phenoxy) is 1. The lowest BCUT2D eigenvalue weighted by molar-refractivity contribution is 0.0594. The van der Waals surface area contributed by atoms with Crippen molar-refractivity contribution in [3.05, 3.63) is 59.4 Å². The molecule has 0 aliphatic rings. The van der Waals surface area contributed by atoms with Crippen LogP contribution >= 0.6 is 0 Å². The summed E-state index contributed by atoms with van der Waals surface area (Å²) in [5.41, 5.74) is 3.56. The Morgan fingerprint density at radius 3 is 2.60 bits per heavy atom. The molecule has 2 aromatic rings. The average molecular weight is 270 g/mol. The van der Waals surface area contributed by atoms with Gasteiger partial charge in [-0.05, 0) is 31.5 Å². The number of aryl methyl sites for hydroxylation is 1. The van der Waals surface area contributed by atoms with Gasteiger partial charge in [0.05, 0.1) is 7.11 Å². The number of hydrogen-bond donors (Lipinski definition) is 1. The van der Waals surface area contributed by atoms with Gasteiger partial charge in [-0.2, -0.15) is 0 Å². The zero-order chi connectivity index (χ0) is 14.5. The molecule has 0 saturated heterocycles. The average Bonchev–Trinajstić information content (AvgIpc) is 2.47. The van der Waals surface area contributed by atoms with Crippen molar-refractivity contribution in [2.75, 3.05) is 12.4 Å². The van der Waals surface area contributed by atoms with Crippen molar-refractivity contribution < 1.29 is 9.53 Å². The van der Waals surface area contributed by atoms with E-state index in [9.17, 15) is 4.79 Å². The van der Waals surface area contributed by atoms with Gasteiger partial charge in [0.25, 0.3) is 0 Å². The molecule has 4 nitrogen and oxygen atoms in total. The maximum atomic E-state index is 11.4. The third-order valence-electron chi connectivity index (χ3n) is 3.11. The van der Waals surface area contributed by atoms with E-state index in [0.29, 0.717) is 5.69 Å². The first kappa shape index (κ1) is 14.1. The van der Waals surface area contributed by atoms with E-state index < -0.39 is 5.97 Å². The Labute approximate surface area is 118 Å². The quantitative estimate of drug-likeness (QED) is 0.866. The van der Waals surface area contributed by atoms with E-state index in [1.54, 1.807) is 12.3 Å². The van der Waals surface area contributed by atoms with Crippen LogP contribution in [0.5, 0.6) is 0 Å². The standard InChI is InChI=1S/C16H18N2O2/c1-11-4-6-13(7-5-11)12(2)18-14-8-9-17-15(10-14)16(19)20-3/h4-10,12H,1-3H3,(H,17,18). The van der Waals surface area contributed by atoms with Gasteiger partial charge in [-0.1, -0.05) is 29.8 Å². The minimum atomic E-state index is -0.434. The summed E-state index contributed by atoms with van der Waals surface area (Å²) in [6.45, 7) is 4.14. The van der Waals surface area contributed by atoms with Gasteiger partial charge in [0.1, 0.15) is 5.69 Å². The Morgan fingerprint density at radius 2 is 1.95 bits per heavy atom. The molecule has 0 bridgehead atoms. The van der Waals surface area contributed by atoms with Crippen molar-refractivity contribution in [2.45, 2.75) is 19.9 Å². The third-order valence-corrected chi connectivity index (χ3v) is 3.11. The molecule has 1 heterocycles. The molecule has 4 heteroatoms. The number of nitrogens with zero attached hydrogens (tertiary/aromatic N) is 1. The second kappa shape index (κ2) is 6.19. The molecule has 0 aliphatic carbocycles. The molecule has 1 aromatic carbocycles. The predicted octanol–water partition coefficient (Wildman–Crippen LogP) is 3.35. The van der Waals surface area contributed by atoms with Gasteiger partial charge in [-0.25, -0.2) is 9.78 Å². The second-order valence-corrected chi connectivity index (χ2v) is 4.70. The zero-order valence-electron chi connectivity index (χ0n) is 11.9. The smallest absolute Gasteiger partial charge is 0.356 e. The fraction of sp³-hybridized carbons (Fsp3) is 0.250. The van der Waals surface area contributed by atoms with E-state index >= 15 is 0 Å². The lowest BCUT2D eigenvalue weighted by Gasteiger charge is -2.16. The number of anilines is 1. The molecule has 0 amide bonds. The number of methoxy groups -OCH3 is 1. The van der Waals surface area contributed by atoms with Crippen LogP contribution in [0.15, 0.2) is 42.6 Å². The van der Waals surface area contributed by atoms with Gasteiger partial charge in [0.2, 0.25) is 0 Å². The first-order valence-corrected chi connectivity index (χ1v) is 6.47. The van der Waals surface area contributed by atoms with Gasteiger partial charge < -0.3 is 10.1 Å². The first-order valence-electron chi connectivity index (χ1n) is 6.47. The maximum absolute atomic E-state index is 11.4. The summed E-state index contributed by atoms with van der Waals surface area (Å²) >= 11 is 0. The SMILES string of the molecule is COC(=O)c1cc(NC(C)c2ccc(C)cc2)ccn1. The molecular formula is C16H18N2O2. The van der Waals surface area contributed by atoms with E-state index in [-0.39, 0.29) is 6.04 Å². The number of hydrogen-bond acceptors (Lipinski definition) is 4. The normalized spacial score (nSPS) is 11.8. The fourth-order valence-corrected chi connectivity index (χ4v) is 1.92. The van der Waals surface area contributed by atoms with Crippen LogP contribution in [0.1, 0.15) is 34.6 Å². The number of carbonyl (C=O) groups excluding carboxylic acids is 1. The largest absolute Gasteiger partial charge is 0.464 e. The van der Waals surface area contributed by atoms with Gasteiger partial charge >= 0.3 is 5.97 Å². The minimum Gasteiger partial charge on any atom is -0.464 e. The van der Waals surface area contributed by atoms with E-state index in [2.05, 4.69) is 53.2 Å². The topological polar surface area (TPSA) is 51.2 Å². The summed E-state index contributed by atoms with van der Waals surface area (Å²) in [6, 6.07) is 12.0. The number of nitrogens with one attached hydrogen (secondary N) is 1. The molecule has 0 radical (unpaired) electrons. The molecule has 0 saturated carbocycles. The van der Waals surface area contributed by atoms with Gasteiger partial charge in [0, 0.05) is 17.9 Å². The number of carbonyl (C=O) groups is 1. The monoisotopic (exact) mass is 270 g/mol. The number of rotatable bonds is 4. The Morgan fingerprint density at radius 1 is 1.25 bits per heavy atom. The van der Waals surface area contributed by atoms with Gasteiger partial charge in [0.15, 0.2) is 0 Å². The summed E-state index contributed by atoms with van der Waals surface area (Å²) in [7, 11) is 1.35. The van der Waals surface area contributed by atoms with Crippen molar-refractivity contribution in [3.8, 4) is 0 Å². The number of esters is 1. The van der Waals surface area contributed by atoms with Crippen molar-refractivity contribution in [1.82, 2.24) is 4.98 Å². The lowest BCUT2D eigenvalue weighted by atomic mass is 10.1. The fourth-order valence-electron chi connectivity index (χ4n) is 1.92. The van der Waals surface area contributed by atoms with Crippen LogP contribution in [0.2, 0.25) is 0 Å². The molecule has 20 heavy (non-hydrogen) atoms. The molecule has 1 N–H and O–H groups in total. The molecular weight excluding hydrogens is 252 g/mol. The molecule has 1 atom stereocenters. The number of aromatic nitrogens is 1. The molecule has 1 aromatic heterocycles. The van der Waals surface area contributed by atoms with Crippen LogP contribution in [0.25, 0.3) is 0 Å². The van der Waals surface area contributed by atoms with Crippen molar-refractivity contribution in [1.29, 1.82) is 0 Å². The van der Waals surface area contributed by atoms with Crippen LogP contribution in [-0.4, -0.2) is 18.1 Å². The highest BCUT2D eigenvalue weighted by molar-refractivity contribution is 5.88. The maximum Gasteiger partial charge on any atom is 0.356 e. The molecule has 0 spiro atoms. The predicted molar refractivity (Wildman–Crippen MR) is 78.8 cm³/mol. The van der Waals surface area contributed by atoms with Crippen LogP contribution in [0.4, 0.5) is 5.69 Å². The first-order chi connectivity index (χ1) is 9.60. The summed E-state index contributed by atoms with van der Waals surface area (Å²) in [5, 5.41) is 3.35. The van der Waals surface area contributed by atoms with E-state index in [4.69, 9.17) is 0 Å². The summed E-state index contributed by atoms with van der Waals surface area (Å²) in [6.07, 6.45) is 1.59. The van der Waals surface area contributed by atoms with E-state index in [0.717, 1.165) is 5.69 Å².